The average molecular weight is 422 g/mol. The lowest BCUT2D eigenvalue weighted by atomic mass is 10.0. The van der Waals surface area contributed by atoms with Gasteiger partial charge in [0.1, 0.15) is 5.75 Å². The molecule has 1 unspecified atom stereocenters. The summed E-state index contributed by atoms with van der Waals surface area (Å²) in [6.45, 7) is 9.68. The number of amides is 2. The van der Waals surface area contributed by atoms with Crippen molar-refractivity contribution in [3.8, 4) is 5.75 Å². The molecule has 4 rings (SSSR count). The number of hydrogen-bond donors (Lipinski definition) is 0. The lowest BCUT2D eigenvalue weighted by Gasteiger charge is -2.37. The standard InChI is InChI=1S/C25H31N3O3/c1-17-14-18(2)23(19(3)15-17)28-9-8-22(25(28)30)26-10-12-27(13-11-26)24(29)20-6-5-7-21(16-20)31-4/h5-7,14-16,22H,8-13H2,1-4H3. The van der Waals surface area contributed by atoms with E-state index in [1.165, 1.54) is 5.56 Å². The molecule has 1 atom stereocenters. The number of hydrogen-bond acceptors (Lipinski definition) is 4. The van der Waals surface area contributed by atoms with Crippen LogP contribution in [0.15, 0.2) is 36.4 Å². The SMILES string of the molecule is COc1cccc(C(=O)N2CCN(C3CCN(c4c(C)cc(C)cc4C)C3=O)CC2)c1. The predicted octanol–water partition coefficient (Wildman–Crippen LogP) is 3.18. The molecule has 2 aliphatic heterocycles. The quantitative estimate of drug-likeness (QED) is 0.761. The number of carbonyl (C=O) groups is 2. The minimum Gasteiger partial charge on any atom is -0.497 e. The maximum atomic E-state index is 13.3. The van der Waals surface area contributed by atoms with Crippen molar-refractivity contribution in [2.75, 3.05) is 44.7 Å². The molecule has 2 amide bonds. The van der Waals surface area contributed by atoms with E-state index in [0.717, 1.165) is 29.8 Å². The molecule has 0 bridgehead atoms. The van der Waals surface area contributed by atoms with Gasteiger partial charge in [0.05, 0.1) is 13.2 Å². The molecule has 0 spiro atoms. The number of piperazine rings is 1. The van der Waals surface area contributed by atoms with E-state index >= 15 is 0 Å². The molecule has 2 saturated heterocycles. The van der Waals surface area contributed by atoms with Gasteiger partial charge in [-0.25, -0.2) is 0 Å². The topological polar surface area (TPSA) is 53.1 Å². The van der Waals surface area contributed by atoms with Crippen molar-refractivity contribution < 1.29 is 14.3 Å². The molecule has 2 aromatic rings. The number of rotatable bonds is 4. The summed E-state index contributed by atoms with van der Waals surface area (Å²) >= 11 is 0. The van der Waals surface area contributed by atoms with Gasteiger partial charge in [0.2, 0.25) is 5.91 Å². The fourth-order valence-electron chi connectivity index (χ4n) is 5.00. The summed E-state index contributed by atoms with van der Waals surface area (Å²) in [5.74, 6) is 0.884. The summed E-state index contributed by atoms with van der Waals surface area (Å²) in [5.41, 5.74) is 5.23. The maximum Gasteiger partial charge on any atom is 0.254 e. The van der Waals surface area contributed by atoms with Crippen molar-refractivity contribution in [1.29, 1.82) is 0 Å². The Hall–Kier alpha value is -2.86. The zero-order valence-electron chi connectivity index (χ0n) is 18.9. The molecular formula is C25H31N3O3. The number of carbonyl (C=O) groups excluding carboxylic acids is 2. The van der Waals surface area contributed by atoms with E-state index in [4.69, 9.17) is 4.74 Å². The molecule has 2 aromatic carbocycles. The molecule has 0 aliphatic carbocycles. The number of methoxy groups -OCH3 is 1. The molecule has 6 heteroatoms. The van der Waals surface area contributed by atoms with E-state index in [9.17, 15) is 9.59 Å². The average Bonchev–Trinajstić information content (AvgIpc) is 3.13. The van der Waals surface area contributed by atoms with Crippen LogP contribution in [0.5, 0.6) is 5.75 Å². The first-order chi connectivity index (χ1) is 14.9. The third-order valence-corrected chi connectivity index (χ3v) is 6.44. The van der Waals surface area contributed by atoms with Crippen molar-refractivity contribution in [2.45, 2.75) is 33.2 Å². The highest BCUT2D eigenvalue weighted by molar-refractivity contribution is 6.00. The Morgan fingerprint density at radius 1 is 0.968 bits per heavy atom. The molecule has 0 saturated carbocycles. The molecule has 6 nitrogen and oxygen atoms in total. The molecule has 0 aromatic heterocycles. The van der Waals surface area contributed by atoms with E-state index in [1.54, 1.807) is 13.2 Å². The number of nitrogens with zero attached hydrogens (tertiary/aromatic N) is 3. The Morgan fingerprint density at radius 2 is 1.65 bits per heavy atom. The van der Waals surface area contributed by atoms with Crippen LogP contribution in [0.25, 0.3) is 0 Å². The second kappa shape index (κ2) is 8.71. The van der Waals surface area contributed by atoms with Crippen molar-refractivity contribution >= 4 is 17.5 Å². The van der Waals surface area contributed by atoms with Crippen molar-refractivity contribution in [3.05, 3.63) is 58.7 Å². The van der Waals surface area contributed by atoms with Gasteiger partial charge in [0, 0.05) is 44.0 Å². The monoisotopic (exact) mass is 421 g/mol. The Bertz CT molecular complexity index is 972. The van der Waals surface area contributed by atoms with Crippen LogP contribution in [-0.2, 0) is 4.79 Å². The van der Waals surface area contributed by atoms with E-state index in [-0.39, 0.29) is 17.9 Å². The summed E-state index contributed by atoms with van der Waals surface area (Å²) in [5, 5.41) is 0. The molecule has 2 aliphatic rings. The number of benzene rings is 2. The second-order valence-corrected chi connectivity index (χ2v) is 8.60. The Labute approximate surface area is 184 Å². The molecule has 0 N–H and O–H groups in total. The summed E-state index contributed by atoms with van der Waals surface area (Å²) < 4.78 is 5.24. The fourth-order valence-corrected chi connectivity index (χ4v) is 5.00. The van der Waals surface area contributed by atoms with Gasteiger partial charge in [-0.1, -0.05) is 23.8 Å². The summed E-state index contributed by atoms with van der Waals surface area (Å²) in [4.78, 5) is 32.2. The first kappa shape index (κ1) is 21.4. The molecule has 0 radical (unpaired) electrons. The van der Waals surface area contributed by atoms with Gasteiger partial charge in [-0.15, -0.1) is 0 Å². The minimum atomic E-state index is -0.103. The zero-order chi connectivity index (χ0) is 22.1. The number of anilines is 1. The Kier molecular flexibility index (Phi) is 6.01. The highest BCUT2D eigenvalue weighted by atomic mass is 16.5. The molecule has 31 heavy (non-hydrogen) atoms. The third kappa shape index (κ3) is 4.17. The van der Waals surface area contributed by atoms with Gasteiger partial charge < -0.3 is 14.5 Å². The fraction of sp³-hybridized carbons (Fsp3) is 0.440. The van der Waals surface area contributed by atoms with Gasteiger partial charge in [-0.2, -0.15) is 0 Å². The van der Waals surface area contributed by atoms with Crippen LogP contribution in [0.3, 0.4) is 0 Å². The van der Waals surface area contributed by atoms with Crippen LogP contribution in [-0.4, -0.2) is 67.5 Å². The summed E-state index contributed by atoms with van der Waals surface area (Å²) in [7, 11) is 1.60. The van der Waals surface area contributed by atoms with Crippen LogP contribution >= 0.6 is 0 Å². The summed E-state index contributed by atoms with van der Waals surface area (Å²) in [6, 6.07) is 11.5. The van der Waals surface area contributed by atoms with Crippen molar-refractivity contribution in [2.24, 2.45) is 0 Å². The predicted molar refractivity (Wildman–Crippen MR) is 122 cm³/mol. The highest BCUT2D eigenvalue weighted by Crippen LogP contribution is 2.31. The molecule has 164 valence electrons. The zero-order valence-corrected chi connectivity index (χ0v) is 18.9. The van der Waals surface area contributed by atoms with Crippen LogP contribution in [0, 0.1) is 20.8 Å². The molecular weight excluding hydrogens is 390 g/mol. The van der Waals surface area contributed by atoms with E-state index in [1.807, 2.05) is 28.0 Å². The summed E-state index contributed by atoms with van der Waals surface area (Å²) in [6.07, 6.45) is 0.829. The van der Waals surface area contributed by atoms with Crippen molar-refractivity contribution in [1.82, 2.24) is 9.80 Å². The van der Waals surface area contributed by atoms with Crippen LogP contribution in [0.1, 0.15) is 33.5 Å². The minimum absolute atomic E-state index is 0.0174. The maximum absolute atomic E-state index is 13.3. The van der Waals surface area contributed by atoms with Crippen LogP contribution < -0.4 is 9.64 Å². The van der Waals surface area contributed by atoms with Crippen molar-refractivity contribution in [3.63, 3.8) is 0 Å². The van der Waals surface area contributed by atoms with E-state index < -0.39 is 0 Å². The van der Waals surface area contributed by atoms with Crippen LogP contribution in [0.4, 0.5) is 5.69 Å². The van der Waals surface area contributed by atoms with E-state index in [0.29, 0.717) is 37.5 Å². The smallest absolute Gasteiger partial charge is 0.254 e. The van der Waals surface area contributed by atoms with Gasteiger partial charge in [0.15, 0.2) is 0 Å². The largest absolute Gasteiger partial charge is 0.497 e. The number of ether oxygens (including phenoxy) is 1. The molecule has 2 fully saturated rings. The Balaban J connectivity index is 1.40. The third-order valence-electron chi connectivity index (χ3n) is 6.44. The van der Waals surface area contributed by atoms with Gasteiger partial charge in [-0.05, 0) is 56.5 Å². The first-order valence-corrected chi connectivity index (χ1v) is 11.0. The highest BCUT2D eigenvalue weighted by Gasteiger charge is 2.39. The van der Waals surface area contributed by atoms with E-state index in [2.05, 4.69) is 37.8 Å². The van der Waals surface area contributed by atoms with Gasteiger partial charge in [-0.3, -0.25) is 14.5 Å². The normalized spacial score (nSPS) is 19.7. The van der Waals surface area contributed by atoms with Gasteiger partial charge >= 0.3 is 0 Å². The van der Waals surface area contributed by atoms with Crippen LogP contribution in [0.2, 0.25) is 0 Å². The van der Waals surface area contributed by atoms with Gasteiger partial charge in [0.25, 0.3) is 5.91 Å². The second-order valence-electron chi connectivity index (χ2n) is 8.60. The molecule has 2 heterocycles. The first-order valence-electron chi connectivity index (χ1n) is 11.0. The lowest BCUT2D eigenvalue weighted by Crippen LogP contribution is -2.53. The Morgan fingerprint density at radius 3 is 2.29 bits per heavy atom. The number of aryl methyl sites for hydroxylation is 3. The lowest BCUT2D eigenvalue weighted by molar-refractivity contribution is -0.122.